The highest BCUT2D eigenvalue weighted by atomic mass is 35.5. The van der Waals surface area contributed by atoms with E-state index in [0.717, 1.165) is 68.0 Å². The van der Waals surface area contributed by atoms with Gasteiger partial charge in [-0.25, -0.2) is 4.68 Å². The van der Waals surface area contributed by atoms with E-state index in [0.29, 0.717) is 34.7 Å². The number of nitrogens with one attached hydrogen (secondary N) is 2. The van der Waals surface area contributed by atoms with Gasteiger partial charge in [0.2, 0.25) is 0 Å². The van der Waals surface area contributed by atoms with Gasteiger partial charge in [-0.05, 0) is 53.3 Å². The number of thiophene rings is 1. The van der Waals surface area contributed by atoms with Crippen LogP contribution in [-0.4, -0.2) is 57.2 Å². The summed E-state index contributed by atoms with van der Waals surface area (Å²) in [5.74, 6) is 0. The Morgan fingerprint density at radius 3 is 2.79 bits per heavy atom. The van der Waals surface area contributed by atoms with E-state index in [1.807, 2.05) is 22.1 Å². The van der Waals surface area contributed by atoms with Crippen LogP contribution >= 0.6 is 22.9 Å². The van der Waals surface area contributed by atoms with Crippen molar-refractivity contribution in [3.8, 4) is 6.07 Å². The summed E-state index contributed by atoms with van der Waals surface area (Å²) < 4.78 is 7.47. The number of anilines is 2. The van der Waals surface area contributed by atoms with E-state index in [-0.39, 0.29) is 11.5 Å². The molecule has 0 unspecified atom stereocenters. The number of benzene rings is 1. The summed E-state index contributed by atoms with van der Waals surface area (Å²) in [4.78, 5) is 8.51. The molecule has 2 aliphatic heterocycles. The molecule has 3 aromatic heterocycles. The van der Waals surface area contributed by atoms with Gasteiger partial charge in [0.25, 0.3) is 0 Å². The van der Waals surface area contributed by atoms with Crippen molar-refractivity contribution in [1.29, 1.82) is 5.26 Å². The first kappa shape index (κ1) is 27.6. The van der Waals surface area contributed by atoms with Gasteiger partial charge in [-0.3, -0.25) is 9.88 Å². The van der Waals surface area contributed by atoms with Gasteiger partial charge in [0, 0.05) is 41.8 Å². The molecule has 5 heterocycles. The van der Waals surface area contributed by atoms with Crippen LogP contribution < -0.4 is 10.6 Å². The molecular weight excluding hydrogens is 568 g/mol. The molecule has 0 amide bonds. The molecule has 1 aliphatic carbocycles. The van der Waals surface area contributed by atoms with Gasteiger partial charge in [-0.15, -0.1) is 16.4 Å². The Morgan fingerprint density at radius 2 is 2.07 bits per heavy atom. The minimum absolute atomic E-state index is 0.0275. The molecule has 42 heavy (non-hydrogen) atoms. The highest BCUT2D eigenvalue weighted by molar-refractivity contribution is 7.10. The largest absolute Gasteiger partial charge is 0.383 e. The second-order valence-corrected chi connectivity index (χ2v) is 14.2. The molecule has 0 bridgehead atoms. The number of halogens is 1. The topological polar surface area (TPSA) is 104 Å². The second-order valence-electron chi connectivity index (χ2n) is 12.9. The van der Waals surface area contributed by atoms with E-state index in [9.17, 15) is 5.26 Å². The smallest absolute Gasteiger partial charge is 0.110 e. The second kappa shape index (κ2) is 10.8. The Hall–Kier alpha value is -3.23. The van der Waals surface area contributed by atoms with Crippen LogP contribution in [0.2, 0.25) is 5.02 Å². The molecule has 0 spiro atoms. The van der Waals surface area contributed by atoms with Crippen molar-refractivity contribution in [2.45, 2.75) is 64.7 Å². The number of hydrogen-bond donors (Lipinski definition) is 2. The number of nitriles is 1. The van der Waals surface area contributed by atoms with Gasteiger partial charge in [-0.1, -0.05) is 37.6 Å². The first-order valence-corrected chi connectivity index (χ1v) is 15.9. The van der Waals surface area contributed by atoms with Crippen molar-refractivity contribution < 1.29 is 4.74 Å². The maximum absolute atomic E-state index is 9.90. The molecular formula is C31H35ClN8OS. The van der Waals surface area contributed by atoms with E-state index in [4.69, 9.17) is 16.3 Å². The van der Waals surface area contributed by atoms with Crippen LogP contribution in [0.3, 0.4) is 0 Å². The molecule has 1 aromatic carbocycles. The summed E-state index contributed by atoms with van der Waals surface area (Å²) in [7, 11) is 0. The lowest BCUT2D eigenvalue weighted by atomic mass is 9.95. The molecule has 11 heteroatoms. The molecule has 3 aliphatic rings. The fraction of sp³-hybridized carbons (Fsp3) is 0.484. The molecule has 1 saturated heterocycles. The van der Waals surface area contributed by atoms with Crippen LogP contribution in [0.25, 0.3) is 10.9 Å². The Labute approximate surface area is 254 Å². The lowest BCUT2D eigenvalue weighted by Crippen LogP contribution is -2.50. The van der Waals surface area contributed by atoms with Gasteiger partial charge in [0.05, 0.1) is 59.3 Å². The first-order valence-electron chi connectivity index (χ1n) is 14.6. The molecule has 2 N–H and O–H groups in total. The summed E-state index contributed by atoms with van der Waals surface area (Å²) in [6.07, 6.45) is 6.98. The third-order valence-electron chi connectivity index (χ3n) is 8.35. The maximum Gasteiger partial charge on any atom is 0.110 e. The molecule has 9 nitrogen and oxygen atoms in total. The minimum atomic E-state index is -0.192. The quantitative estimate of drug-likeness (QED) is 0.247. The number of rotatable bonds is 8. The van der Waals surface area contributed by atoms with Crippen LogP contribution in [0.5, 0.6) is 0 Å². The standard InChI is InChI=1S/C31H35ClN8OS/c1-31(2,3)17-35-28-18(10-33)11-34-29-23(28)8-19(9-25(29)32)36-30(26-12-40(38-37-26)20-4-5-20)24-16-42-27-13-39(7-6-22(24)27)21-14-41-15-21/h8-9,11-12,16,20-21,30,36H,4-7,13-15,17H2,1-3H3,(H,34,35)/t30-/m0/s1. The lowest BCUT2D eigenvalue weighted by Gasteiger charge is -2.39. The van der Waals surface area contributed by atoms with Gasteiger partial charge < -0.3 is 15.4 Å². The number of ether oxygens (including phenoxy) is 1. The SMILES string of the molecule is CC(C)(C)CNc1c(C#N)cnc2c(Cl)cc(N[C@H](c3cn(C4CC4)nn3)c3csc4c3CCN(C3COC3)C4)cc12. The Bertz CT molecular complexity index is 1680. The van der Waals surface area contributed by atoms with Crippen LogP contribution in [0, 0.1) is 16.7 Å². The summed E-state index contributed by atoms with van der Waals surface area (Å²) >= 11 is 8.68. The fourth-order valence-corrected chi connectivity index (χ4v) is 7.17. The van der Waals surface area contributed by atoms with Crippen molar-refractivity contribution >= 4 is 45.2 Å². The van der Waals surface area contributed by atoms with Crippen LogP contribution in [0.4, 0.5) is 11.4 Å². The van der Waals surface area contributed by atoms with Crippen LogP contribution in [-0.2, 0) is 17.7 Å². The maximum atomic E-state index is 9.90. The van der Waals surface area contributed by atoms with Crippen LogP contribution in [0.15, 0.2) is 29.9 Å². The Balaban J connectivity index is 1.27. The third-order valence-corrected chi connectivity index (χ3v) is 9.67. The van der Waals surface area contributed by atoms with Crippen LogP contribution in [0.1, 0.15) is 73.0 Å². The zero-order chi connectivity index (χ0) is 29.0. The third kappa shape index (κ3) is 5.35. The van der Waals surface area contributed by atoms with E-state index >= 15 is 0 Å². The van der Waals surface area contributed by atoms with E-state index in [2.05, 4.69) is 75.3 Å². The molecule has 1 saturated carbocycles. The van der Waals surface area contributed by atoms with Crippen molar-refractivity contribution in [2.75, 3.05) is 36.9 Å². The summed E-state index contributed by atoms with van der Waals surface area (Å²) in [5, 5.41) is 30.0. The van der Waals surface area contributed by atoms with Gasteiger partial charge in [-0.2, -0.15) is 5.26 Å². The minimum Gasteiger partial charge on any atom is -0.383 e. The zero-order valence-corrected chi connectivity index (χ0v) is 25.7. The zero-order valence-electron chi connectivity index (χ0n) is 24.2. The average molecular weight is 603 g/mol. The predicted molar refractivity (Wildman–Crippen MR) is 166 cm³/mol. The number of pyridine rings is 1. The number of hydrogen-bond acceptors (Lipinski definition) is 9. The number of fused-ring (bicyclic) bond motifs is 2. The van der Waals surface area contributed by atoms with Crippen molar-refractivity contribution in [1.82, 2.24) is 24.9 Å². The monoisotopic (exact) mass is 602 g/mol. The Morgan fingerprint density at radius 1 is 1.24 bits per heavy atom. The highest BCUT2D eigenvalue weighted by Gasteiger charge is 2.33. The fourth-order valence-electron chi connectivity index (χ4n) is 5.75. The summed E-state index contributed by atoms with van der Waals surface area (Å²) in [5.41, 5.74) is 6.34. The predicted octanol–water partition coefficient (Wildman–Crippen LogP) is 6.16. The molecule has 0 radical (unpaired) electrons. The molecule has 7 rings (SSSR count). The van der Waals surface area contributed by atoms with E-state index in [1.165, 1.54) is 16.0 Å². The molecule has 2 fully saturated rings. The molecule has 4 aromatic rings. The normalized spacial score (nSPS) is 18.4. The lowest BCUT2D eigenvalue weighted by molar-refractivity contribution is -0.0691. The van der Waals surface area contributed by atoms with Gasteiger partial charge in [0.15, 0.2) is 0 Å². The van der Waals surface area contributed by atoms with Crippen molar-refractivity contribution in [2.24, 2.45) is 5.41 Å². The van der Waals surface area contributed by atoms with E-state index in [1.54, 1.807) is 6.20 Å². The number of nitrogens with zero attached hydrogens (tertiary/aromatic N) is 6. The van der Waals surface area contributed by atoms with Crippen molar-refractivity contribution in [3.63, 3.8) is 0 Å². The first-order chi connectivity index (χ1) is 20.3. The van der Waals surface area contributed by atoms with Crippen molar-refractivity contribution in [3.05, 3.63) is 62.2 Å². The van der Waals surface area contributed by atoms with Gasteiger partial charge in [0.1, 0.15) is 11.8 Å². The Kier molecular flexibility index (Phi) is 7.09. The number of aromatic nitrogens is 4. The highest BCUT2D eigenvalue weighted by Crippen LogP contribution is 2.41. The average Bonchev–Trinajstić information content (AvgIpc) is 3.51. The molecule has 218 valence electrons. The summed E-state index contributed by atoms with van der Waals surface area (Å²) in [6.45, 7) is 10.8. The van der Waals surface area contributed by atoms with Gasteiger partial charge >= 0.3 is 0 Å². The summed E-state index contributed by atoms with van der Waals surface area (Å²) in [6, 6.07) is 7.07. The molecule has 1 atom stereocenters. The van der Waals surface area contributed by atoms with E-state index < -0.39 is 0 Å².